The van der Waals surface area contributed by atoms with Crippen LogP contribution in [0.5, 0.6) is 0 Å². The molecule has 0 atom stereocenters. The second-order valence-corrected chi connectivity index (χ2v) is 5.67. The Kier molecular flexibility index (Phi) is 4.29. The molecule has 0 saturated heterocycles. The summed E-state index contributed by atoms with van der Waals surface area (Å²) in [5.74, 6) is -0.675. The molecular formula is C15H16ClFN2O. The van der Waals surface area contributed by atoms with Crippen LogP contribution in [-0.2, 0) is 11.3 Å². The van der Waals surface area contributed by atoms with Crippen molar-refractivity contribution in [1.82, 2.24) is 4.90 Å². The van der Waals surface area contributed by atoms with Crippen molar-refractivity contribution in [2.45, 2.75) is 32.2 Å². The molecule has 1 aliphatic carbocycles. The molecule has 106 valence electrons. The molecule has 5 heteroatoms. The summed E-state index contributed by atoms with van der Waals surface area (Å²) < 4.78 is 13.7. The molecule has 0 spiro atoms. The van der Waals surface area contributed by atoms with Crippen LogP contribution in [0.2, 0.25) is 5.02 Å². The van der Waals surface area contributed by atoms with Gasteiger partial charge in [-0.3, -0.25) is 4.79 Å². The van der Waals surface area contributed by atoms with E-state index in [1.54, 1.807) is 13.1 Å². The first-order chi connectivity index (χ1) is 9.50. The van der Waals surface area contributed by atoms with Crippen LogP contribution >= 0.6 is 11.6 Å². The maximum Gasteiger partial charge on any atom is 0.243 e. The van der Waals surface area contributed by atoms with Gasteiger partial charge in [0, 0.05) is 24.2 Å². The smallest absolute Gasteiger partial charge is 0.243 e. The molecule has 3 nitrogen and oxygen atoms in total. The molecule has 0 radical (unpaired) electrons. The highest BCUT2D eigenvalue weighted by Crippen LogP contribution is 2.39. The van der Waals surface area contributed by atoms with Gasteiger partial charge in [0.15, 0.2) is 0 Å². The Morgan fingerprint density at radius 1 is 1.50 bits per heavy atom. The molecule has 1 saturated carbocycles. The summed E-state index contributed by atoms with van der Waals surface area (Å²) in [7, 11) is 1.59. The minimum Gasteiger partial charge on any atom is -0.340 e. The van der Waals surface area contributed by atoms with Crippen molar-refractivity contribution in [2.24, 2.45) is 5.41 Å². The molecule has 0 unspecified atom stereocenters. The Hall–Kier alpha value is -1.60. The number of nitrogens with zero attached hydrogens (tertiary/aromatic N) is 2. The van der Waals surface area contributed by atoms with Gasteiger partial charge in [0.25, 0.3) is 0 Å². The van der Waals surface area contributed by atoms with Gasteiger partial charge in [-0.1, -0.05) is 30.5 Å². The van der Waals surface area contributed by atoms with E-state index in [1.165, 1.54) is 17.0 Å². The van der Waals surface area contributed by atoms with E-state index in [9.17, 15) is 14.4 Å². The van der Waals surface area contributed by atoms with E-state index in [0.717, 1.165) is 12.8 Å². The third kappa shape index (κ3) is 2.64. The Bertz CT molecular complexity index is 541. The van der Waals surface area contributed by atoms with Gasteiger partial charge in [-0.2, -0.15) is 5.26 Å². The highest BCUT2D eigenvalue weighted by molar-refractivity contribution is 6.31. The quantitative estimate of drug-likeness (QED) is 0.856. The van der Waals surface area contributed by atoms with Crippen LogP contribution in [0.15, 0.2) is 18.2 Å². The minimum absolute atomic E-state index is 0.0772. The van der Waals surface area contributed by atoms with Crippen LogP contribution in [-0.4, -0.2) is 17.9 Å². The van der Waals surface area contributed by atoms with Gasteiger partial charge >= 0.3 is 0 Å². The topological polar surface area (TPSA) is 44.1 Å². The molecule has 0 aromatic heterocycles. The molecule has 20 heavy (non-hydrogen) atoms. The molecule has 1 aliphatic rings. The zero-order valence-electron chi connectivity index (χ0n) is 11.3. The summed E-state index contributed by atoms with van der Waals surface area (Å²) in [5, 5.41) is 9.61. The van der Waals surface area contributed by atoms with Gasteiger partial charge in [0.2, 0.25) is 5.91 Å². The largest absolute Gasteiger partial charge is 0.340 e. The van der Waals surface area contributed by atoms with Gasteiger partial charge < -0.3 is 4.90 Å². The molecule has 0 heterocycles. The SMILES string of the molecule is CN(Cc1c(F)cccc1Cl)C(=O)C1(C#N)CCCC1. The van der Waals surface area contributed by atoms with E-state index >= 15 is 0 Å². The third-order valence-corrected chi connectivity index (χ3v) is 4.24. The van der Waals surface area contributed by atoms with Crippen molar-refractivity contribution in [1.29, 1.82) is 5.26 Å². The number of carbonyl (C=O) groups excluding carboxylic acids is 1. The van der Waals surface area contributed by atoms with Gasteiger partial charge in [-0.05, 0) is 25.0 Å². The fraction of sp³-hybridized carbons (Fsp3) is 0.467. The summed E-state index contributed by atoms with van der Waals surface area (Å²) in [6, 6.07) is 6.59. The molecule has 0 bridgehead atoms. The maximum atomic E-state index is 13.7. The first-order valence-corrected chi connectivity index (χ1v) is 6.98. The molecule has 1 amide bonds. The normalized spacial score (nSPS) is 16.7. The van der Waals surface area contributed by atoms with Crippen LogP contribution < -0.4 is 0 Å². The Labute approximate surface area is 122 Å². The average Bonchev–Trinajstić information content (AvgIpc) is 2.92. The molecule has 0 aliphatic heterocycles. The van der Waals surface area contributed by atoms with Crippen molar-refractivity contribution in [3.8, 4) is 6.07 Å². The van der Waals surface area contributed by atoms with E-state index in [2.05, 4.69) is 6.07 Å². The van der Waals surface area contributed by atoms with Gasteiger partial charge in [0.1, 0.15) is 11.2 Å². The number of halogens is 2. The second kappa shape index (κ2) is 5.80. The Balaban J connectivity index is 2.18. The number of hydrogen-bond acceptors (Lipinski definition) is 2. The van der Waals surface area contributed by atoms with E-state index in [1.807, 2.05) is 0 Å². The zero-order valence-corrected chi connectivity index (χ0v) is 12.1. The fourth-order valence-electron chi connectivity index (χ4n) is 2.71. The second-order valence-electron chi connectivity index (χ2n) is 5.26. The molecule has 1 aromatic rings. The van der Waals surface area contributed by atoms with E-state index < -0.39 is 11.2 Å². The number of amides is 1. The molecule has 1 aromatic carbocycles. The number of nitriles is 1. The van der Waals surface area contributed by atoms with E-state index in [-0.39, 0.29) is 18.0 Å². The van der Waals surface area contributed by atoms with Crippen LogP contribution in [0.1, 0.15) is 31.2 Å². The number of carbonyl (C=O) groups is 1. The van der Waals surface area contributed by atoms with Crippen LogP contribution in [0.3, 0.4) is 0 Å². The third-order valence-electron chi connectivity index (χ3n) is 3.88. The number of rotatable bonds is 3. The minimum atomic E-state index is -0.938. The molecule has 1 fully saturated rings. The van der Waals surface area contributed by atoms with Crippen LogP contribution in [0, 0.1) is 22.6 Å². The molecular weight excluding hydrogens is 279 g/mol. The monoisotopic (exact) mass is 294 g/mol. The highest BCUT2D eigenvalue weighted by atomic mass is 35.5. The van der Waals surface area contributed by atoms with Gasteiger partial charge in [-0.25, -0.2) is 4.39 Å². The summed E-state index contributed by atoms with van der Waals surface area (Å²) in [5.41, 5.74) is -0.650. The molecule has 0 N–H and O–H groups in total. The first-order valence-electron chi connectivity index (χ1n) is 6.60. The van der Waals surface area contributed by atoms with Crippen molar-refractivity contribution < 1.29 is 9.18 Å². The predicted octanol–water partition coefficient (Wildman–Crippen LogP) is 3.52. The average molecular weight is 295 g/mol. The lowest BCUT2D eigenvalue weighted by Crippen LogP contribution is -2.39. The highest BCUT2D eigenvalue weighted by Gasteiger charge is 2.43. The van der Waals surface area contributed by atoms with Gasteiger partial charge in [-0.15, -0.1) is 0 Å². The van der Waals surface area contributed by atoms with Crippen molar-refractivity contribution >= 4 is 17.5 Å². The lowest BCUT2D eigenvalue weighted by molar-refractivity contribution is -0.138. The van der Waals surface area contributed by atoms with Crippen LogP contribution in [0.25, 0.3) is 0 Å². The summed E-state index contributed by atoms with van der Waals surface area (Å²) in [6.07, 6.45) is 2.93. The standard InChI is InChI=1S/C15H16ClFN2O/c1-19(9-11-12(16)5-4-6-13(11)17)14(20)15(10-18)7-2-3-8-15/h4-6H,2-3,7-9H2,1H3. The maximum absolute atomic E-state index is 13.7. The number of benzene rings is 1. The summed E-state index contributed by atoms with van der Waals surface area (Å²) >= 11 is 5.96. The lowest BCUT2D eigenvalue weighted by Gasteiger charge is -2.27. The number of hydrogen-bond donors (Lipinski definition) is 0. The zero-order chi connectivity index (χ0) is 14.8. The van der Waals surface area contributed by atoms with E-state index in [0.29, 0.717) is 17.9 Å². The first kappa shape index (κ1) is 14.8. The lowest BCUT2D eigenvalue weighted by atomic mass is 9.86. The van der Waals surface area contributed by atoms with Crippen molar-refractivity contribution in [3.05, 3.63) is 34.6 Å². The fourth-order valence-corrected chi connectivity index (χ4v) is 2.93. The van der Waals surface area contributed by atoms with Crippen molar-refractivity contribution in [3.63, 3.8) is 0 Å². The summed E-state index contributed by atoms with van der Waals surface area (Å²) in [6.45, 7) is 0.0772. The van der Waals surface area contributed by atoms with Crippen molar-refractivity contribution in [2.75, 3.05) is 7.05 Å². The van der Waals surface area contributed by atoms with E-state index in [4.69, 9.17) is 11.6 Å². The molecule has 2 rings (SSSR count). The summed E-state index contributed by atoms with van der Waals surface area (Å²) in [4.78, 5) is 13.9. The van der Waals surface area contributed by atoms with Gasteiger partial charge in [0.05, 0.1) is 6.07 Å². The predicted molar refractivity (Wildman–Crippen MR) is 74.4 cm³/mol. The Morgan fingerprint density at radius 3 is 2.70 bits per heavy atom. The Morgan fingerprint density at radius 2 is 2.15 bits per heavy atom. The van der Waals surface area contributed by atoms with Crippen LogP contribution in [0.4, 0.5) is 4.39 Å².